The van der Waals surface area contributed by atoms with Gasteiger partial charge in [-0.3, -0.25) is 0 Å². The van der Waals surface area contributed by atoms with Gasteiger partial charge < -0.3 is 9.67 Å². The third-order valence-electron chi connectivity index (χ3n) is 3.24. The van der Waals surface area contributed by atoms with Crippen LogP contribution in [0.25, 0.3) is 11.4 Å². The van der Waals surface area contributed by atoms with Gasteiger partial charge in [0.15, 0.2) is 5.82 Å². The van der Waals surface area contributed by atoms with E-state index in [1.807, 2.05) is 12.1 Å². The van der Waals surface area contributed by atoms with Crippen molar-refractivity contribution in [3.63, 3.8) is 0 Å². The Kier molecular flexibility index (Phi) is 2.55. The molecule has 0 aliphatic carbocycles. The Morgan fingerprint density at radius 2 is 1.82 bits per heavy atom. The van der Waals surface area contributed by atoms with Crippen LogP contribution in [0, 0.1) is 0 Å². The first-order valence-electron chi connectivity index (χ1n) is 6.06. The lowest BCUT2D eigenvalue weighted by molar-refractivity contribution is 0.475. The quantitative estimate of drug-likeness (QED) is 0.816. The van der Waals surface area contributed by atoms with Crippen molar-refractivity contribution in [1.82, 2.24) is 14.8 Å². The minimum Gasteiger partial charge on any atom is -0.508 e. The minimum absolute atomic E-state index is 0.282. The van der Waals surface area contributed by atoms with Gasteiger partial charge in [-0.15, -0.1) is 10.2 Å². The SMILES string of the molecule is Oc1ccc(-c2nnc3n2CCCCC3)cc1. The summed E-state index contributed by atoms with van der Waals surface area (Å²) in [7, 11) is 0. The lowest BCUT2D eigenvalue weighted by Crippen LogP contribution is -2.02. The predicted octanol–water partition coefficient (Wildman–Crippen LogP) is 2.38. The van der Waals surface area contributed by atoms with Gasteiger partial charge in [-0.25, -0.2) is 0 Å². The number of aromatic hydroxyl groups is 1. The maximum absolute atomic E-state index is 9.29. The average Bonchev–Trinajstić information content (AvgIpc) is 2.60. The molecule has 0 bridgehead atoms. The predicted molar refractivity (Wildman–Crippen MR) is 64.7 cm³/mol. The monoisotopic (exact) mass is 229 g/mol. The maximum atomic E-state index is 9.29. The van der Waals surface area contributed by atoms with Crippen molar-refractivity contribution >= 4 is 0 Å². The Hall–Kier alpha value is -1.84. The van der Waals surface area contributed by atoms with Crippen molar-refractivity contribution in [2.75, 3.05) is 0 Å². The molecule has 88 valence electrons. The summed E-state index contributed by atoms with van der Waals surface area (Å²) in [4.78, 5) is 0. The number of rotatable bonds is 1. The molecule has 4 nitrogen and oxygen atoms in total. The summed E-state index contributed by atoms with van der Waals surface area (Å²) in [5.74, 6) is 2.29. The van der Waals surface area contributed by atoms with E-state index in [1.165, 1.54) is 19.3 Å². The second-order valence-electron chi connectivity index (χ2n) is 4.45. The highest BCUT2D eigenvalue weighted by Gasteiger charge is 2.15. The highest BCUT2D eigenvalue weighted by atomic mass is 16.3. The lowest BCUT2D eigenvalue weighted by atomic mass is 10.2. The molecule has 0 atom stereocenters. The number of aryl methyl sites for hydroxylation is 1. The molecule has 0 spiro atoms. The van der Waals surface area contributed by atoms with Crippen molar-refractivity contribution in [1.29, 1.82) is 0 Å². The molecule has 2 aromatic rings. The van der Waals surface area contributed by atoms with Gasteiger partial charge in [0.05, 0.1) is 0 Å². The van der Waals surface area contributed by atoms with Gasteiger partial charge >= 0.3 is 0 Å². The minimum atomic E-state index is 0.282. The highest BCUT2D eigenvalue weighted by Crippen LogP contribution is 2.23. The molecule has 0 amide bonds. The molecule has 1 aliphatic rings. The molecule has 0 unspecified atom stereocenters. The van der Waals surface area contributed by atoms with Gasteiger partial charge in [0.25, 0.3) is 0 Å². The lowest BCUT2D eigenvalue weighted by Gasteiger charge is -2.06. The third kappa shape index (κ3) is 1.90. The number of fused-ring (bicyclic) bond motifs is 1. The van der Waals surface area contributed by atoms with Gasteiger partial charge in [-0.2, -0.15) is 0 Å². The number of hydrogen-bond acceptors (Lipinski definition) is 3. The normalized spacial score (nSPS) is 15.3. The second-order valence-corrected chi connectivity index (χ2v) is 4.45. The van der Waals surface area contributed by atoms with Gasteiger partial charge in [-0.1, -0.05) is 6.42 Å². The van der Waals surface area contributed by atoms with Gasteiger partial charge in [0.2, 0.25) is 0 Å². The fourth-order valence-corrected chi connectivity index (χ4v) is 2.31. The zero-order valence-corrected chi connectivity index (χ0v) is 9.63. The average molecular weight is 229 g/mol. The summed E-state index contributed by atoms with van der Waals surface area (Å²) in [6.07, 6.45) is 4.67. The molecule has 1 aromatic heterocycles. The Labute approximate surface area is 99.9 Å². The van der Waals surface area contributed by atoms with E-state index >= 15 is 0 Å². The van der Waals surface area contributed by atoms with Crippen molar-refractivity contribution < 1.29 is 5.11 Å². The zero-order chi connectivity index (χ0) is 11.7. The largest absolute Gasteiger partial charge is 0.508 e. The Balaban J connectivity index is 2.03. The molecule has 1 aromatic carbocycles. The number of aromatic nitrogens is 3. The highest BCUT2D eigenvalue weighted by molar-refractivity contribution is 5.56. The first kappa shape index (κ1) is 10.3. The van der Waals surface area contributed by atoms with Gasteiger partial charge in [-0.05, 0) is 37.1 Å². The third-order valence-corrected chi connectivity index (χ3v) is 3.24. The van der Waals surface area contributed by atoms with E-state index < -0.39 is 0 Å². The Bertz CT molecular complexity index is 516. The van der Waals surface area contributed by atoms with Crippen LogP contribution in [-0.4, -0.2) is 19.9 Å². The number of hydrogen-bond donors (Lipinski definition) is 1. The molecule has 4 heteroatoms. The molecule has 1 aliphatic heterocycles. The molecule has 0 saturated heterocycles. The van der Waals surface area contributed by atoms with E-state index in [-0.39, 0.29) is 5.75 Å². The molecule has 0 fully saturated rings. The van der Waals surface area contributed by atoms with Crippen LogP contribution in [0.15, 0.2) is 24.3 Å². The summed E-state index contributed by atoms with van der Waals surface area (Å²) in [6, 6.07) is 7.15. The first-order valence-corrected chi connectivity index (χ1v) is 6.06. The van der Waals surface area contributed by atoms with Crippen LogP contribution in [0.4, 0.5) is 0 Å². The van der Waals surface area contributed by atoms with Gasteiger partial charge in [0, 0.05) is 18.5 Å². The van der Waals surface area contributed by atoms with Crippen LogP contribution in [0.3, 0.4) is 0 Å². The summed E-state index contributed by atoms with van der Waals surface area (Å²) >= 11 is 0. The topological polar surface area (TPSA) is 50.9 Å². The van der Waals surface area contributed by atoms with Crippen LogP contribution in [0.2, 0.25) is 0 Å². The molecular formula is C13H15N3O. The van der Waals surface area contributed by atoms with Crippen molar-refractivity contribution in [2.45, 2.75) is 32.2 Å². The van der Waals surface area contributed by atoms with E-state index in [0.29, 0.717) is 0 Å². The molecule has 0 saturated carbocycles. The Morgan fingerprint density at radius 1 is 1.00 bits per heavy atom. The standard InChI is InChI=1S/C13H15N3O/c17-11-7-5-10(6-8-11)13-15-14-12-4-2-1-3-9-16(12)13/h5-8,17H,1-4,9H2. The number of benzene rings is 1. The van der Waals surface area contributed by atoms with Crippen LogP contribution in [-0.2, 0) is 13.0 Å². The van der Waals surface area contributed by atoms with Crippen LogP contribution in [0.5, 0.6) is 5.75 Å². The van der Waals surface area contributed by atoms with Crippen molar-refractivity contribution in [3.8, 4) is 17.1 Å². The summed E-state index contributed by atoms with van der Waals surface area (Å²) < 4.78 is 2.21. The van der Waals surface area contributed by atoms with Crippen LogP contribution >= 0.6 is 0 Å². The second kappa shape index (κ2) is 4.20. The first-order chi connectivity index (χ1) is 8.34. The molecule has 2 heterocycles. The molecule has 1 N–H and O–H groups in total. The summed E-state index contributed by atoms with van der Waals surface area (Å²) in [6.45, 7) is 0.999. The van der Waals surface area contributed by atoms with Gasteiger partial charge in [0.1, 0.15) is 11.6 Å². The molecule has 17 heavy (non-hydrogen) atoms. The summed E-state index contributed by atoms with van der Waals surface area (Å²) in [5, 5.41) is 17.8. The number of phenols is 1. The smallest absolute Gasteiger partial charge is 0.163 e. The van der Waals surface area contributed by atoms with Crippen LogP contribution in [0.1, 0.15) is 25.1 Å². The van der Waals surface area contributed by atoms with E-state index in [4.69, 9.17) is 0 Å². The molecular weight excluding hydrogens is 214 g/mol. The fraction of sp³-hybridized carbons (Fsp3) is 0.385. The van der Waals surface area contributed by atoms with Crippen molar-refractivity contribution in [3.05, 3.63) is 30.1 Å². The van der Waals surface area contributed by atoms with E-state index in [9.17, 15) is 5.11 Å². The zero-order valence-electron chi connectivity index (χ0n) is 9.63. The molecule has 0 radical (unpaired) electrons. The van der Waals surface area contributed by atoms with Crippen LogP contribution < -0.4 is 0 Å². The fourth-order valence-electron chi connectivity index (χ4n) is 2.31. The van der Waals surface area contributed by atoms with E-state index in [1.54, 1.807) is 12.1 Å². The van der Waals surface area contributed by atoms with E-state index in [0.717, 1.165) is 30.2 Å². The van der Waals surface area contributed by atoms with Crippen molar-refractivity contribution in [2.24, 2.45) is 0 Å². The Morgan fingerprint density at radius 3 is 2.65 bits per heavy atom. The number of nitrogens with zero attached hydrogens (tertiary/aromatic N) is 3. The number of phenolic OH excluding ortho intramolecular Hbond substituents is 1. The maximum Gasteiger partial charge on any atom is 0.163 e. The molecule has 3 rings (SSSR count). The van der Waals surface area contributed by atoms with E-state index in [2.05, 4.69) is 14.8 Å². The summed E-state index contributed by atoms with van der Waals surface area (Å²) in [5.41, 5.74) is 1.02.